The van der Waals surface area contributed by atoms with Crippen LogP contribution in [-0.2, 0) is 9.47 Å². The molecule has 3 N–H and O–H groups in total. The number of nitrogens with one attached hydrogen (secondary N) is 2. The molecule has 1 fully saturated rings. The number of hydrogen-bond acceptors (Lipinski definition) is 5. The lowest BCUT2D eigenvalue weighted by Gasteiger charge is -2.31. The normalized spacial score (nSPS) is 15.4. The van der Waals surface area contributed by atoms with Gasteiger partial charge in [0, 0.05) is 44.8 Å². The molecule has 1 aliphatic rings. The van der Waals surface area contributed by atoms with Crippen LogP contribution >= 0.6 is 11.6 Å². The van der Waals surface area contributed by atoms with Crippen LogP contribution in [-0.4, -0.2) is 86.6 Å². The van der Waals surface area contributed by atoms with Gasteiger partial charge in [0.05, 0.1) is 19.8 Å². The van der Waals surface area contributed by atoms with Gasteiger partial charge >= 0.3 is 18.2 Å². The van der Waals surface area contributed by atoms with Crippen LogP contribution in [0.2, 0.25) is 5.02 Å². The number of alkyl carbamates (subject to hydrolysis) is 1. The van der Waals surface area contributed by atoms with E-state index in [0.29, 0.717) is 23.9 Å². The first-order chi connectivity index (χ1) is 17.7. The lowest BCUT2D eigenvalue weighted by atomic mass is 9.84. The highest BCUT2D eigenvalue weighted by Crippen LogP contribution is 2.28. The molecular formula is C26H41ClN4O6. The van der Waals surface area contributed by atoms with Gasteiger partial charge in [-0.1, -0.05) is 55.8 Å². The minimum atomic E-state index is -1.01. The maximum Gasteiger partial charge on any atom is 0.407 e. The van der Waals surface area contributed by atoms with E-state index in [4.69, 9.17) is 16.3 Å². The Hall–Kier alpha value is -2.72. The molecule has 0 radical (unpaired) electrons. The van der Waals surface area contributed by atoms with Crippen molar-refractivity contribution >= 4 is 29.8 Å². The monoisotopic (exact) mass is 540 g/mol. The minimum absolute atomic E-state index is 0.243. The molecule has 37 heavy (non-hydrogen) atoms. The lowest BCUT2D eigenvalue weighted by molar-refractivity contribution is 0.0438. The average molecular weight is 541 g/mol. The third-order valence-electron chi connectivity index (χ3n) is 6.66. The molecule has 0 heterocycles. The first-order valence-corrected chi connectivity index (χ1v) is 13.2. The number of ether oxygens (including phenoxy) is 2. The Bertz CT molecular complexity index is 867. The summed E-state index contributed by atoms with van der Waals surface area (Å²) < 4.78 is 10.6. The number of carboxylic acid groups (broad SMARTS) is 1. The molecule has 1 saturated carbocycles. The van der Waals surface area contributed by atoms with Crippen LogP contribution in [0.25, 0.3) is 0 Å². The zero-order valence-corrected chi connectivity index (χ0v) is 22.8. The topological polar surface area (TPSA) is 120 Å². The van der Waals surface area contributed by atoms with Crippen LogP contribution in [0.3, 0.4) is 0 Å². The Labute approximate surface area is 224 Å². The average Bonchev–Trinajstić information content (AvgIpc) is 2.88. The van der Waals surface area contributed by atoms with Crippen LogP contribution in [0.4, 0.5) is 14.4 Å². The van der Waals surface area contributed by atoms with Crippen molar-refractivity contribution < 1.29 is 29.0 Å². The summed E-state index contributed by atoms with van der Waals surface area (Å²) in [5.74, 6) is 0.491. The van der Waals surface area contributed by atoms with Crippen molar-refractivity contribution in [2.24, 2.45) is 5.92 Å². The molecule has 2 rings (SSSR count). The maximum atomic E-state index is 13.0. The number of hydrogen-bond donors (Lipinski definition) is 3. The zero-order chi connectivity index (χ0) is 27.2. The van der Waals surface area contributed by atoms with Gasteiger partial charge in [-0.25, -0.2) is 14.4 Å². The largest absolute Gasteiger partial charge is 0.465 e. The quantitative estimate of drug-likeness (QED) is 0.311. The molecular weight excluding hydrogens is 500 g/mol. The summed E-state index contributed by atoms with van der Waals surface area (Å²) in [7, 11) is 4.53. The number of nitrogens with zero attached hydrogens (tertiary/aromatic N) is 2. The lowest BCUT2D eigenvalue weighted by Crippen LogP contribution is -2.49. The van der Waals surface area contributed by atoms with Gasteiger partial charge in [-0.3, -0.25) is 0 Å². The molecule has 2 atom stereocenters. The third-order valence-corrected chi connectivity index (χ3v) is 6.90. The second kappa shape index (κ2) is 16.2. The van der Waals surface area contributed by atoms with Crippen LogP contribution in [0.15, 0.2) is 24.3 Å². The van der Waals surface area contributed by atoms with Crippen molar-refractivity contribution in [2.45, 2.75) is 57.1 Å². The molecule has 2 unspecified atom stereocenters. The van der Waals surface area contributed by atoms with E-state index >= 15 is 0 Å². The van der Waals surface area contributed by atoms with E-state index in [2.05, 4.69) is 15.4 Å². The molecule has 1 aliphatic carbocycles. The molecule has 11 heteroatoms. The Morgan fingerprint density at radius 3 is 2.54 bits per heavy atom. The summed E-state index contributed by atoms with van der Waals surface area (Å²) in [6, 6.07) is 6.83. The highest BCUT2D eigenvalue weighted by molar-refractivity contribution is 6.30. The van der Waals surface area contributed by atoms with E-state index in [1.807, 2.05) is 18.2 Å². The van der Waals surface area contributed by atoms with E-state index < -0.39 is 12.2 Å². The maximum absolute atomic E-state index is 13.0. The van der Waals surface area contributed by atoms with Crippen molar-refractivity contribution in [3.8, 4) is 0 Å². The summed E-state index contributed by atoms with van der Waals surface area (Å²) in [5, 5.41) is 15.5. The Morgan fingerprint density at radius 1 is 1.16 bits per heavy atom. The number of benzene rings is 1. The number of likely N-dealkylation sites (N-methyl/N-ethyl adjacent to an activating group) is 1. The van der Waals surface area contributed by atoms with Crippen molar-refractivity contribution in [3.63, 3.8) is 0 Å². The van der Waals surface area contributed by atoms with Gasteiger partial charge in [-0.05, 0) is 36.5 Å². The summed E-state index contributed by atoms with van der Waals surface area (Å²) in [6.07, 6.45) is 5.20. The number of amides is 4. The standard InChI is InChI=1S/C26H41ClN4O6/c1-30(24(32)29-22(18-31(2)26(34)35)16-19-8-5-4-6-9-19)14-12-23(20-10-7-11-21(27)17-20)37-15-13-28-25(33)36-3/h7,10-11,17,19,22-23H,4-6,8-9,12-16,18H2,1-3H3,(H,28,33)(H,29,32)(H,34,35). The van der Waals surface area contributed by atoms with Crippen LogP contribution in [0, 0.1) is 5.92 Å². The van der Waals surface area contributed by atoms with Gasteiger partial charge < -0.3 is 35.0 Å². The fourth-order valence-electron chi connectivity index (χ4n) is 4.59. The molecule has 0 spiro atoms. The van der Waals surface area contributed by atoms with E-state index in [-0.39, 0.29) is 37.9 Å². The second-order valence-electron chi connectivity index (χ2n) is 9.59. The van der Waals surface area contributed by atoms with Gasteiger partial charge in [0.25, 0.3) is 0 Å². The predicted octanol–water partition coefficient (Wildman–Crippen LogP) is 4.73. The Morgan fingerprint density at radius 2 is 1.89 bits per heavy atom. The van der Waals surface area contributed by atoms with Crippen LogP contribution in [0.1, 0.15) is 56.6 Å². The number of methoxy groups -OCH3 is 1. The molecule has 1 aromatic carbocycles. The van der Waals surface area contributed by atoms with E-state index in [1.54, 1.807) is 18.0 Å². The van der Waals surface area contributed by atoms with E-state index in [1.165, 1.54) is 38.3 Å². The van der Waals surface area contributed by atoms with Crippen LogP contribution in [0.5, 0.6) is 0 Å². The number of urea groups is 1. The van der Waals surface area contributed by atoms with Crippen molar-refractivity contribution in [1.29, 1.82) is 0 Å². The van der Waals surface area contributed by atoms with Gasteiger partial charge in [0.1, 0.15) is 0 Å². The summed E-state index contributed by atoms with van der Waals surface area (Å²) in [5.41, 5.74) is 0.873. The first-order valence-electron chi connectivity index (χ1n) is 12.8. The Kier molecular flexibility index (Phi) is 13.3. The van der Waals surface area contributed by atoms with Gasteiger partial charge in [0.15, 0.2) is 0 Å². The second-order valence-corrected chi connectivity index (χ2v) is 10.0. The molecule has 208 valence electrons. The highest BCUT2D eigenvalue weighted by atomic mass is 35.5. The number of carbonyl (C=O) groups is 3. The smallest absolute Gasteiger partial charge is 0.407 e. The zero-order valence-electron chi connectivity index (χ0n) is 22.1. The number of rotatable bonds is 13. The fraction of sp³-hybridized carbons (Fsp3) is 0.654. The molecule has 0 saturated heterocycles. The van der Waals surface area contributed by atoms with E-state index in [9.17, 15) is 19.5 Å². The van der Waals surface area contributed by atoms with Crippen molar-refractivity contribution in [3.05, 3.63) is 34.9 Å². The van der Waals surface area contributed by atoms with Gasteiger partial charge in [0.2, 0.25) is 0 Å². The van der Waals surface area contributed by atoms with Gasteiger partial charge in [-0.2, -0.15) is 0 Å². The summed E-state index contributed by atoms with van der Waals surface area (Å²) in [4.78, 5) is 38.5. The highest BCUT2D eigenvalue weighted by Gasteiger charge is 2.24. The predicted molar refractivity (Wildman–Crippen MR) is 142 cm³/mol. The molecule has 0 bridgehead atoms. The number of halogens is 1. The molecule has 0 aliphatic heterocycles. The Balaban J connectivity index is 1.96. The first kappa shape index (κ1) is 30.5. The molecule has 4 amide bonds. The molecule has 1 aromatic rings. The van der Waals surface area contributed by atoms with Crippen LogP contribution < -0.4 is 10.6 Å². The fourth-order valence-corrected chi connectivity index (χ4v) is 4.79. The minimum Gasteiger partial charge on any atom is -0.465 e. The van der Waals surface area contributed by atoms with Crippen molar-refractivity contribution in [2.75, 3.05) is 47.4 Å². The molecule has 10 nitrogen and oxygen atoms in total. The number of carbonyl (C=O) groups excluding carboxylic acids is 2. The molecule has 0 aromatic heterocycles. The van der Waals surface area contributed by atoms with Gasteiger partial charge in [-0.15, -0.1) is 0 Å². The van der Waals surface area contributed by atoms with E-state index in [0.717, 1.165) is 24.8 Å². The summed E-state index contributed by atoms with van der Waals surface area (Å²) in [6.45, 7) is 1.18. The SMILES string of the molecule is COC(=O)NCCOC(CCN(C)C(=O)NC(CC1CCCCC1)CN(C)C(=O)O)c1cccc(Cl)c1. The van der Waals surface area contributed by atoms with Crippen molar-refractivity contribution in [1.82, 2.24) is 20.4 Å². The summed E-state index contributed by atoms with van der Waals surface area (Å²) >= 11 is 6.18. The third kappa shape index (κ3) is 11.5.